The molecule has 0 saturated heterocycles. The Hall–Kier alpha value is -8.01. The molecule has 2 aromatic heterocycles. The van der Waals surface area contributed by atoms with Crippen LogP contribution in [0.25, 0.3) is 66.2 Å². The summed E-state index contributed by atoms with van der Waals surface area (Å²) < 4.78 is 6.15. The summed E-state index contributed by atoms with van der Waals surface area (Å²) in [5.74, 6) is 0. The third kappa shape index (κ3) is 5.55. The van der Waals surface area contributed by atoms with Crippen LogP contribution in [0.5, 0.6) is 0 Å². The highest BCUT2D eigenvalue weighted by Gasteiger charge is 2.45. The van der Waals surface area contributed by atoms with Gasteiger partial charge < -0.3 is 9.32 Å². The second kappa shape index (κ2) is 14.1. The van der Waals surface area contributed by atoms with Gasteiger partial charge in [-0.2, -0.15) is 0 Å². The van der Waals surface area contributed by atoms with Crippen molar-refractivity contribution in [3.05, 3.63) is 253 Å². The van der Waals surface area contributed by atoms with Crippen LogP contribution in [-0.4, -0.2) is 4.98 Å². The van der Waals surface area contributed by atoms with Gasteiger partial charge in [-0.1, -0.05) is 164 Å². The van der Waals surface area contributed by atoms with E-state index in [1.54, 1.807) is 0 Å². The molecule has 3 heteroatoms. The molecule has 0 unspecified atom stereocenters. The molecule has 0 N–H and O–H groups in total. The van der Waals surface area contributed by atoms with Crippen LogP contribution >= 0.6 is 0 Å². The summed E-state index contributed by atoms with van der Waals surface area (Å²) in [5, 5.41) is 3.39. The number of para-hydroxylation sites is 2. The Balaban J connectivity index is 0.984. The van der Waals surface area contributed by atoms with Crippen molar-refractivity contribution in [2.75, 3.05) is 4.90 Å². The fraction of sp³-hybridized carbons (Fsp3) is 0.0172. The quantitative estimate of drug-likeness (QED) is 0.161. The molecule has 0 bridgehead atoms. The van der Waals surface area contributed by atoms with Gasteiger partial charge in [0.2, 0.25) is 0 Å². The number of pyridine rings is 1. The van der Waals surface area contributed by atoms with Crippen molar-refractivity contribution in [2.45, 2.75) is 5.41 Å². The lowest BCUT2D eigenvalue weighted by Crippen LogP contribution is -2.28. The summed E-state index contributed by atoms with van der Waals surface area (Å²) in [6.45, 7) is 0. The zero-order valence-corrected chi connectivity index (χ0v) is 33.2. The molecule has 9 aromatic carbocycles. The van der Waals surface area contributed by atoms with Gasteiger partial charge in [0.1, 0.15) is 11.2 Å². The van der Waals surface area contributed by atoms with E-state index in [4.69, 9.17) is 9.40 Å². The monoisotopic (exact) mass is 778 g/mol. The van der Waals surface area contributed by atoms with Crippen LogP contribution in [0.3, 0.4) is 0 Å². The van der Waals surface area contributed by atoms with E-state index in [1.807, 2.05) is 24.4 Å². The Morgan fingerprint density at radius 2 is 0.918 bits per heavy atom. The predicted molar refractivity (Wildman–Crippen MR) is 252 cm³/mol. The molecule has 1 aliphatic carbocycles. The van der Waals surface area contributed by atoms with Gasteiger partial charge in [0, 0.05) is 45.0 Å². The SMILES string of the molecule is c1ccc(C2(c3ccc(N(c4ccc(-c5ccc6oc7ccccc7c6c5)cc4)c4ccc(-c5cccc6cccnc56)cc4)cc3)c3ccccc3-c3ccccc32)cc1. The van der Waals surface area contributed by atoms with Crippen LogP contribution in [0.15, 0.2) is 235 Å². The zero-order chi connectivity index (χ0) is 40.3. The molecule has 286 valence electrons. The molecule has 0 fully saturated rings. The van der Waals surface area contributed by atoms with Gasteiger partial charge in [-0.3, -0.25) is 4.98 Å². The first kappa shape index (κ1) is 35.0. The predicted octanol–water partition coefficient (Wildman–Crippen LogP) is 15.3. The molecule has 0 amide bonds. The summed E-state index contributed by atoms with van der Waals surface area (Å²) in [6.07, 6.45) is 1.87. The second-order valence-corrected chi connectivity index (χ2v) is 15.9. The number of hydrogen-bond donors (Lipinski definition) is 0. The molecule has 0 spiro atoms. The third-order valence-electron chi connectivity index (χ3n) is 12.6. The smallest absolute Gasteiger partial charge is 0.135 e. The van der Waals surface area contributed by atoms with Crippen LogP contribution in [0.2, 0.25) is 0 Å². The number of fused-ring (bicyclic) bond motifs is 7. The van der Waals surface area contributed by atoms with E-state index in [0.29, 0.717) is 0 Å². The molecule has 2 heterocycles. The fourth-order valence-electron chi connectivity index (χ4n) is 9.86. The Morgan fingerprint density at radius 3 is 1.64 bits per heavy atom. The minimum Gasteiger partial charge on any atom is -0.456 e. The van der Waals surface area contributed by atoms with Crippen LogP contribution in [0, 0.1) is 0 Å². The van der Waals surface area contributed by atoms with Crippen molar-refractivity contribution < 1.29 is 4.42 Å². The Labute approximate surface area is 354 Å². The minimum atomic E-state index is -0.463. The first-order valence-corrected chi connectivity index (χ1v) is 20.9. The fourth-order valence-corrected chi connectivity index (χ4v) is 9.86. The van der Waals surface area contributed by atoms with E-state index >= 15 is 0 Å². The highest BCUT2D eigenvalue weighted by Crippen LogP contribution is 2.56. The van der Waals surface area contributed by atoms with Crippen LogP contribution < -0.4 is 4.90 Å². The largest absolute Gasteiger partial charge is 0.456 e. The van der Waals surface area contributed by atoms with E-state index in [2.05, 4.69) is 211 Å². The van der Waals surface area contributed by atoms with E-state index in [1.165, 1.54) is 33.4 Å². The van der Waals surface area contributed by atoms with Crippen molar-refractivity contribution in [3.63, 3.8) is 0 Å². The summed E-state index contributed by atoms with van der Waals surface area (Å²) in [4.78, 5) is 7.11. The molecule has 61 heavy (non-hydrogen) atoms. The first-order valence-electron chi connectivity index (χ1n) is 20.9. The molecule has 12 rings (SSSR count). The van der Waals surface area contributed by atoms with Gasteiger partial charge in [-0.05, 0) is 111 Å². The lowest BCUT2D eigenvalue weighted by Gasteiger charge is -2.34. The first-order chi connectivity index (χ1) is 30.2. The summed E-state index contributed by atoms with van der Waals surface area (Å²) in [5.41, 5.74) is 17.8. The zero-order valence-electron chi connectivity index (χ0n) is 33.2. The third-order valence-corrected chi connectivity index (χ3v) is 12.6. The maximum atomic E-state index is 6.15. The molecule has 0 atom stereocenters. The number of furan rings is 1. The van der Waals surface area contributed by atoms with Crippen molar-refractivity contribution >= 4 is 49.9 Å². The molecule has 11 aromatic rings. The van der Waals surface area contributed by atoms with Gasteiger partial charge in [-0.25, -0.2) is 0 Å². The average molecular weight is 779 g/mol. The lowest BCUT2D eigenvalue weighted by atomic mass is 9.68. The van der Waals surface area contributed by atoms with E-state index in [9.17, 15) is 0 Å². The lowest BCUT2D eigenvalue weighted by molar-refractivity contribution is 0.669. The van der Waals surface area contributed by atoms with Crippen molar-refractivity contribution in [1.29, 1.82) is 0 Å². The molecule has 3 nitrogen and oxygen atoms in total. The molecular formula is C58H38N2O. The molecule has 0 aliphatic heterocycles. The topological polar surface area (TPSA) is 29.3 Å². The van der Waals surface area contributed by atoms with Gasteiger partial charge in [-0.15, -0.1) is 0 Å². The van der Waals surface area contributed by atoms with Crippen molar-refractivity contribution in [3.8, 4) is 33.4 Å². The summed E-state index contributed by atoms with van der Waals surface area (Å²) in [7, 11) is 0. The van der Waals surface area contributed by atoms with Crippen LogP contribution in [0.1, 0.15) is 22.3 Å². The highest BCUT2D eigenvalue weighted by atomic mass is 16.3. The maximum Gasteiger partial charge on any atom is 0.135 e. The van der Waals surface area contributed by atoms with Crippen LogP contribution in [-0.2, 0) is 5.41 Å². The Kier molecular flexibility index (Phi) is 8.07. The maximum absolute atomic E-state index is 6.15. The highest BCUT2D eigenvalue weighted by molar-refractivity contribution is 6.06. The molecular weight excluding hydrogens is 741 g/mol. The standard InChI is InChI=1S/C58H38N2O/c1-2-14-43(15-3-1)58(53-20-7-4-16-49(53)50-17-5-8-21-54(50)58)44-28-34-47(35-29-44)60(46-32-25-40(26-33-46)48-19-10-12-41-13-11-37-59-57(41)48)45-30-23-39(24-31-45)42-27-36-56-52(38-42)51-18-6-9-22-55(51)61-56/h1-38H. The Bertz CT molecular complexity index is 3350. The molecule has 0 radical (unpaired) electrons. The van der Waals surface area contributed by atoms with E-state index in [0.717, 1.165) is 72.2 Å². The Morgan fingerprint density at radius 1 is 0.377 bits per heavy atom. The molecule has 1 aliphatic rings. The number of benzene rings is 9. The minimum absolute atomic E-state index is 0.463. The van der Waals surface area contributed by atoms with Crippen LogP contribution in [0.4, 0.5) is 17.1 Å². The van der Waals surface area contributed by atoms with Gasteiger partial charge in [0.05, 0.1) is 10.9 Å². The number of aromatic nitrogens is 1. The summed E-state index contributed by atoms with van der Waals surface area (Å²) >= 11 is 0. The van der Waals surface area contributed by atoms with E-state index < -0.39 is 5.41 Å². The number of rotatable bonds is 7. The normalized spacial score (nSPS) is 12.7. The van der Waals surface area contributed by atoms with Crippen molar-refractivity contribution in [2.24, 2.45) is 0 Å². The van der Waals surface area contributed by atoms with Gasteiger partial charge in [0.25, 0.3) is 0 Å². The summed E-state index contributed by atoms with van der Waals surface area (Å²) in [6, 6.07) is 81.1. The van der Waals surface area contributed by atoms with E-state index in [-0.39, 0.29) is 0 Å². The van der Waals surface area contributed by atoms with Gasteiger partial charge in [0.15, 0.2) is 0 Å². The average Bonchev–Trinajstić information content (AvgIpc) is 3.86. The number of anilines is 3. The number of hydrogen-bond acceptors (Lipinski definition) is 3. The van der Waals surface area contributed by atoms with Crippen molar-refractivity contribution in [1.82, 2.24) is 4.98 Å². The van der Waals surface area contributed by atoms with Gasteiger partial charge >= 0.3 is 0 Å². The second-order valence-electron chi connectivity index (χ2n) is 15.9. The number of nitrogens with zero attached hydrogens (tertiary/aromatic N) is 2. The molecule has 0 saturated carbocycles.